The van der Waals surface area contributed by atoms with Gasteiger partial charge in [-0.3, -0.25) is 14.7 Å². The van der Waals surface area contributed by atoms with Gasteiger partial charge in [-0.25, -0.2) is 9.18 Å². The number of ether oxygens (including phenoxy) is 1. The highest BCUT2D eigenvalue weighted by Crippen LogP contribution is 2.29. The van der Waals surface area contributed by atoms with Crippen molar-refractivity contribution in [3.8, 4) is 0 Å². The first-order chi connectivity index (χ1) is 15.9. The highest BCUT2D eigenvalue weighted by Gasteiger charge is 2.29. The van der Waals surface area contributed by atoms with Gasteiger partial charge in [0.05, 0.1) is 16.1 Å². The summed E-state index contributed by atoms with van der Waals surface area (Å²) < 4.78 is 19.1. The summed E-state index contributed by atoms with van der Waals surface area (Å²) in [5, 5.41) is 3.25. The maximum absolute atomic E-state index is 13.4. The molecular formula is C25H25ClFN3O3. The van der Waals surface area contributed by atoms with E-state index >= 15 is 0 Å². The fourth-order valence-electron chi connectivity index (χ4n) is 4.06. The van der Waals surface area contributed by atoms with Crippen LogP contribution in [0.1, 0.15) is 41.9 Å². The van der Waals surface area contributed by atoms with Crippen LogP contribution in [0.2, 0.25) is 5.02 Å². The number of likely N-dealkylation sites (N-methyl/N-ethyl adjacent to an activating group) is 1. The number of hydrogen-bond donors (Lipinski definition) is 1. The van der Waals surface area contributed by atoms with Gasteiger partial charge in [0.2, 0.25) is 0 Å². The van der Waals surface area contributed by atoms with Gasteiger partial charge in [-0.15, -0.1) is 0 Å². The Morgan fingerprint density at radius 1 is 1.24 bits per heavy atom. The number of para-hydroxylation sites is 1. The number of hydrogen-bond acceptors (Lipinski definition) is 5. The van der Waals surface area contributed by atoms with Crippen LogP contribution in [0.25, 0.3) is 10.9 Å². The molecule has 1 aliphatic rings. The average molecular weight is 470 g/mol. The van der Waals surface area contributed by atoms with Gasteiger partial charge in [-0.2, -0.15) is 0 Å². The van der Waals surface area contributed by atoms with Crippen LogP contribution < -0.4 is 5.32 Å². The van der Waals surface area contributed by atoms with E-state index < -0.39 is 23.8 Å². The van der Waals surface area contributed by atoms with Crippen LogP contribution in [0.4, 0.5) is 10.1 Å². The molecule has 0 radical (unpaired) electrons. The van der Waals surface area contributed by atoms with Gasteiger partial charge in [0.25, 0.3) is 5.91 Å². The molecule has 8 heteroatoms. The summed E-state index contributed by atoms with van der Waals surface area (Å²) in [6, 6.07) is 11.4. The van der Waals surface area contributed by atoms with Gasteiger partial charge < -0.3 is 10.1 Å². The molecule has 0 saturated carbocycles. The van der Waals surface area contributed by atoms with Gasteiger partial charge in [0.1, 0.15) is 5.82 Å². The smallest absolute Gasteiger partial charge is 0.340 e. The molecule has 3 aromatic rings. The first-order valence-corrected chi connectivity index (χ1v) is 11.4. The molecule has 6 nitrogen and oxygen atoms in total. The van der Waals surface area contributed by atoms with Crippen molar-refractivity contribution >= 4 is 40.1 Å². The maximum atomic E-state index is 13.4. The monoisotopic (exact) mass is 469 g/mol. The number of esters is 1. The molecule has 0 bridgehead atoms. The number of anilines is 1. The first kappa shape index (κ1) is 23.1. The van der Waals surface area contributed by atoms with E-state index in [4.69, 9.17) is 21.3 Å². The SMILES string of the molecule is CCC(OC(=O)c1c2c(nc3ccccc13)CCN(CC)C2)C(=O)Nc1ccc(F)c(Cl)c1. The Morgan fingerprint density at radius 3 is 2.76 bits per heavy atom. The third-order valence-electron chi connectivity index (χ3n) is 5.88. The minimum Gasteiger partial charge on any atom is -0.449 e. The molecule has 0 aliphatic carbocycles. The molecule has 0 spiro atoms. The second kappa shape index (κ2) is 9.85. The molecule has 1 aromatic heterocycles. The van der Waals surface area contributed by atoms with Crippen LogP contribution in [0.3, 0.4) is 0 Å². The summed E-state index contributed by atoms with van der Waals surface area (Å²) in [4.78, 5) is 33.3. The van der Waals surface area contributed by atoms with Crippen molar-refractivity contribution < 1.29 is 18.7 Å². The molecule has 1 aliphatic heterocycles. The van der Waals surface area contributed by atoms with E-state index in [1.165, 1.54) is 18.2 Å². The Labute approximate surface area is 196 Å². The van der Waals surface area contributed by atoms with Crippen molar-refractivity contribution in [1.82, 2.24) is 9.88 Å². The highest BCUT2D eigenvalue weighted by atomic mass is 35.5. The summed E-state index contributed by atoms with van der Waals surface area (Å²) in [6.45, 7) is 6.18. The Balaban J connectivity index is 1.63. The number of aromatic nitrogens is 1. The van der Waals surface area contributed by atoms with E-state index in [9.17, 15) is 14.0 Å². The Hall–Kier alpha value is -3.03. The van der Waals surface area contributed by atoms with E-state index in [0.717, 1.165) is 36.3 Å². The molecular weight excluding hydrogens is 445 g/mol. The van der Waals surface area contributed by atoms with Crippen LogP contribution in [0.15, 0.2) is 42.5 Å². The van der Waals surface area contributed by atoms with Gasteiger partial charge in [-0.1, -0.05) is 43.6 Å². The number of rotatable bonds is 6. The normalized spacial score (nSPS) is 14.5. The zero-order valence-corrected chi connectivity index (χ0v) is 19.3. The highest BCUT2D eigenvalue weighted by molar-refractivity contribution is 6.31. The van der Waals surface area contributed by atoms with Crippen molar-refractivity contribution in [2.75, 3.05) is 18.4 Å². The van der Waals surface area contributed by atoms with E-state index in [1.807, 2.05) is 24.3 Å². The van der Waals surface area contributed by atoms with E-state index in [-0.39, 0.29) is 11.4 Å². The fraction of sp³-hybridized carbons (Fsp3) is 0.320. The molecule has 172 valence electrons. The number of benzene rings is 2. The molecule has 1 N–H and O–H groups in total. The predicted octanol–water partition coefficient (Wildman–Crippen LogP) is 4.98. The molecule has 33 heavy (non-hydrogen) atoms. The van der Waals surface area contributed by atoms with E-state index in [1.54, 1.807) is 6.92 Å². The topological polar surface area (TPSA) is 71.5 Å². The largest absolute Gasteiger partial charge is 0.449 e. The quantitative estimate of drug-likeness (QED) is 0.515. The molecule has 2 heterocycles. The summed E-state index contributed by atoms with van der Waals surface area (Å²) in [6.07, 6.45) is 0.00518. The summed E-state index contributed by atoms with van der Waals surface area (Å²) >= 11 is 5.80. The Morgan fingerprint density at radius 2 is 2.03 bits per heavy atom. The summed E-state index contributed by atoms with van der Waals surface area (Å²) in [7, 11) is 0. The zero-order valence-electron chi connectivity index (χ0n) is 18.5. The lowest BCUT2D eigenvalue weighted by Gasteiger charge is -2.29. The molecule has 2 aromatic carbocycles. The number of amides is 1. The number of fused-ring (bicyclic) bond motifs is 2. The lowest BCUT2D eigenvalue weighted by Crippen LogP contribution is -2.35. The number of pyridine rings is 1. The molecule has 0 saturated heterocycles. The second-order valence-electron chi connectivity index (χ2n) is 7.97. The van der Waals surface area contributed by atoms with Crippen LogP contribution in [0.5, 0.6) is 0 Å². The fourth-order valence-corrected chi connectivity index (χ4v) is 4.24. The Bertz CT molecular complexity index is 1220. The number of nitrogens with zero attached hydrogens (tertiary/aromatic N) is 2. The number of halogens is 2. The van der Waals surface area contributed by atoms with Crippen LogP contribution >= 0.6 is 11.6 Å². The molecule has 1 atom stereocenters. The van der Waals surface area contributed by atoms with Crippen molar-refractivity contribution in [3.63, 3.8) is 0 Å². The maximum Gasteiger partial charge on any atom is 0.340 e. The van der Waals surface area contributed by atoms with E-state index in [2.05, 4.69) is 17.1 Å². The number of nitrogens with one attached hydrogen (secondary N) is 1. The lowest BCUT2D eigenvalue weighted by molar-refractivity contribution is -0.124. The average Bonchev–Trinajstić information content (AvgIpc) is 2.82. The number of carbonyl (C=O) groups is 2. The van der Waals surface area contributed by atoms with Gasteiger partial charge in [0, 0.05) is 41.8 Å². The van der Waals surface area contributed by atoms with Crippen LogP contribution in [0, 0.1) is 5.82 Å². The predicted molar refractivity (Wildman–Crippen MR) is 126 cm³/mol. The van der Waals surface area contributed by atoms with Gasteiger partial charge in [0.15, 0.2) is 6.10 Å². The van der Waals surface area contributed by atoms with Crippen molar-refractivity contribution in [3.05, 3.63) is 70.1 Å². The number of carbonyl (C=O) groups excluding carboxylic acids is 2. The summed E-state index contributed by atoms with van der Waals surface area (Å²) in [5.74, 6) is -1.64. The van der Waals surface area contributed by atoms with Crippen molar-refractivity contribution in [2.24, 2.45) is 0 Å². The standard InChI is InChI=1S/C25H25ClFN3O3/c1-3-22(24(31)28-15-9-10-19(27)18(26)13-15)33-25(32)23-16-7-5-6-8-20(16)29-21-11-12-30(4-2)14-17(21)23/h5-10,13,22H,3-4,11-12,14H2,1-2H3,(H,28,31). The summed E-state index contributed by atoms with van der Waals surface area (Å²) in [5.41, 5.74) is 3.26. The van der Waals surface area contributed by atoms with Gasteiger partial charge >= 0.3 is 5.97 Å². The Kier molecular flexibility index (Phi) is 6.91. The molecule has 1 amide bonds. The minimum atomic E-state index is -1.02. The van der Waals surface area contributed by atoms with Crippen LogP contribution in [-0.4, -0.2) is 41.0 Å². The van der Waals surface area contributed by atoms with Gasteiger partial charge in [-0.05, 0) is 37.2 Å². The third kappa shape index (κ3) is 4.84. The minimum absolute atomic E-state index is 0.104. The second-order valence-corrected chi connectivity index (χ2v) is 8.38. The molecule has 4 rings (SSSR count). The van der Waals surface area contributed by atoms with E-state index in [0.29, 0.717) is 23.2 Å². The van der Waals surface area contributed by atoms with Crippen molar-refractivity contribution in [2.45, 2.75) is 39.3 Å². The zero-order chi connectivity index (χ0) is 23.5. The van der Waals surface area contributed by atoms with Crippen LogP contribution in [-0.2, 0) is 22.5 Å². The lowest BCUT2D eigenvalue weighted by atomic mass is 9.95. The molecule has 0 fully saturated rings. The first-order valence-electron chi connectivity index (χ1n) is 11.0. The third-order valence-corrected chi connectivity index (χ3v) is 6.17. The van der Waals surface area contributed by atoms with Crippen molar-refractivity contribution in [1.29, 1.82) is 0 Å². The molecule has 1 unspecified atom stereocenters.